The first-order chi connectivity index (χ1) is 5.78. The smallest absolute Gasteiger partial charge is 0.00967 e. The molecule has 3 rings (SSSR count). The van der Waals surface area contributed by atoms with Crippen LogP contribution < -0.4 is 5.32 Å². The van der Waals surface area contributed by atoms with Crippen molar-refractivity contribution in [2.24, 2.45) is 11.3 Å². The summed E-state index contributed by atoms with van der Waals surface area (Å²) < 4.78 is 0. The van der Waals surface area contributed by atoms with E-state index >= 15 is 0 Å². The fourth-order valence-corrected chi connectivity index (χ4v) is 2.92. The molecule has 0 aromatic carbocycles. The van der Waals surface area contributed by atoms with Crippen molar-refractivity contribution in [3.05, 3.63) is 0 Å². The molecule has 2 atom stereocenters. The maximum atomic E-state index is 3.52. The Morgan fingerprint density at radius 2 is 2.25 bits per heavy atom. The van der Waals surface area contributed by atoms with Gasteiger partial charge in [0.15, 0.2) is 0 Å². The SMILES string of the molecule is C[C@]12CNC[C@@H]1CN(C1CC1)C2. The van der Waals surface area contributed by atoms with E-state index in [-0.39, 0.29) is 0 Å². The van der Waals surface area contributed by atoms with Crippen molar-refractivity contribution in [1.29, 1.82) is 0 Å². The molecule has 0 unspecified atom stereocenters. The molecular weight excluding hydrogens is 148 g/mol. The predicted molar refractivity (Wildman–Crippen MR) is 49.1 cm³/mol. The fraction of sp³-hybridized carbons (Fsp3) is 1.00. The van der Waals surface area contributed by atoms with Gasteiger partial charge in [-0.1, -0.05) is 6.92 Å². The summed E-state index contributed by atoms with van der Waals surface area (Å²) in [6, 6.07) is 0.979. The highest BCUT2D eigenvalue weighted by atomic mass is 15.2. The van der Waals surface area contributed by atoms with Crippen LogP contribution in [0.15, 0.2) is 0 Å². The van der Waals surface area contributed by atoms with Gasteiger partial charge in [0.25, 0.3) is 0 Å². The van der Waals surface area contributed by atoms with E-state index in [0.717, 1.165) is 12.0 Å². The monoisotopic (exact) mass is 166 g/mol. The maximum Gasteiger partial charge on any atom is 0.00967 e. The van der Waals surface area contributed by atoms with Gasteiger partial charge in [0, 0.05) is 25.7 Å². The number of rotatable bonds is 1. The van der Waals surface area contributed by atoms with E-state index < -0.39 is 0 Å². The molecule has 68 valence electrons. The molecule has 2 heterocycles. The molecule has 0 aromatic rings. The lowest BCUT2D eigenvalue weighted by Crippen LogP contribution is -2.31. The molecule has 12 heavy (non-hydrogen) atoms. The molecule has 2 saturated heterocycles. The maximum absolute atomic E-state index is 3.52. The summed E-state index contributed by atoms with van der Waals surface area (Å²) in [4.78, 5) is 2.73. The topological polar surface area (TPSA) is 15.3 Å². The Morgan fingerprint density at radius 3 is 2.92 bits per heavy atom. The molecule has 0 aromatic heterocycles. The number of hydrogen-bond acceptors (Lipinski definition) is 2. The minimum absolute atomic E-state index is 0.614. The van der Waals surface area contributed by atoms with E-state index in [0.29, 0.717) is 5.41 Å². The van der Waals surface area contributed by atoms with Gasteiger partial charge in [0.05, 0.1) is 0 Å². The largest absolute Gasteiger partial charge is 0.316 e. The second-order valence-electron chi connectivity index (χ2n) is 5.14. The molecule has 0 radical (unpaired) electrons. The molecule has 3 fully saturated rings. The van der Waals surface area contributed by atoms with E-state index in [1.807, 2.05) is 0 Å². The van der Waals surface area contributed by atoms with Crippen molar-refractivity contribution < 1.29 is 0 Å². The van der Waals surface area contributed by atoms with Crippen LogP contribution in [0.5, 0.6) is 0 Å². The van der Waals surface area contributed by atoms with Crippen LogP contribution in [0.2, 0.25) is 0 Å². The first-order valence-corrected chi connectivity index (χ1v) is 5.23. The van der Waals surface area contributed by atoms with Gasteiger partial charge in [-0.15, -0.1) is 0 Å². The zero-order valence-electron chi connectivity index (χ0n) is 7.84. The van der Waals surface area contributed by atoms with Crippen molar-refractivity contribution >= 4 is 0 Å². The van der Waals surface area contributed by atoms with E-state index in [9.17, 15) is 0 Å². The van der Waals surface area contributed by atoms with Crippen molar-refractivity contribution in [3.8, 4) is 0 Å². The van der Waals surface area contributed by atoms with Crippen LogP contribution in [0.4, 0.5) is 0 Å². The number of hydrogen-bond donors (Lipinski definition) is 1. The normalized spacial score (nSPS) is 48.2. The number of nitrogens with zero attached hydrogens (tertiary/aromatic N) is 1. The summed E-state index contributed by atoms with van der Waals surface area (Å²) >= 11 is 0. The van der Waals surface area contributed by atoms with E-state index in [1.54, 1.807) is 0 Å². The second kappa shape index (κ2) is 2.24. The van der Waals surface area contributed by atoms with Crippen molar-refractivity contribution in [3.63, 3.8) is 0 Å². The van der Waals surface area contributed by atoms with Crippen molar-refractivity contribution in [2.45, 2.75) is 25.8 Å². The summed E-state index contributed by atoms with van der Waals surface area (Å²) in [5, 5.41) is 3.52. The summed E-state index contributed by atoms with van der Waals surface area (Å²) in [6.07, 6.45) is 2.94. The lowest BCUT2D eigenvalue weighted by molar-refractivity contribution is 0.271. The van der Waals surface area contributed by atoms with Gasteiger partial charge in [0.2, 0.25) is 0 Å². The van der Waals surface area contributed by atoms with Crippen LogP contribution in [0.25, 0.3) is 0 Å². The zero-order valence-corrected chi connectivity index (χ0v) is 7.84. The third-order valence-corrected chi connectivity index (χ3v) is 3.99. The molecule has 1 saturated carbocycles. The quantitative estimate of drug-likeness (QED) is 0.616. The number of likely N-dealkylation sites (tertiary alicyclic amines) is 1. The molecule has 3 aliphatic rings. The number of nitrogens with one attached hydrogen (secondary N) is 1. The standard InChI is InChI=1S/C10H18N2/c1-10-6-11-4-8(10)5-12(7-10)9-2-3-9/h8-9,11H,2-7H2,1H3/t8-,10-/m1/s1. The molecule has 1 aliphatic carbocycles. The molecule has 2 aliphatic heterocycles. The van der Waals surface area contributed by atoms with Gasteiger partial charge in [-0.05, 0) is 30.7 Å². The van der Waals surface area contributed by atoms with Crippen LogP contribution >= 0.6 is 0 Å². The van der Waals surface area contributed by atoms with E-state index in [1.165, 1.54) is 39.0 Å². The van der Waals surface area contributed by atoms with Crippen molar-refractivity contribution in [1.82, 2.24) is 10.2 Å². The van der Waals surface area contributed by atoms with Crippen LogP contribution in [0, 0.1) is 11.3 Å². The Morgan fingerprint density at radius 1 is 1.42 bits per heavy atom. The molecular formula is C10H18N2. The lowest BCUT2D eigenvalue weighted by Gasteiger charge is -2.22. The summed E-state index contributed by atoms with van der Waals surface area (Å²) in [7, 11) is 0. The summed E-state index contributed by atoms with van der Waals surface area (Å²) in [5.41, 5.74) is 0.614. The molecule has 1 N–H and O–H groups in total. The Hall–Kier alpha value is -0.0800. The molecule has 0 amide bonds. The van der Waals surface area contributed by atoms with Crippen molar-refractivity contribution in [2.75, 3.05) is 26.2 Å². The molecule has 2 nitrogen and oxygen atoms in total. The molecule has 0 bridgehead atoms. The highest BCUT2D eigenvalue weighted by Crippen LogP contribution is 2.42. The minimum atomic E-state index is 0.614. The van der Waals surface area contributed by atoms with E-state index in [4.69, 9.17) is 0 Å². The summed E-state index contributed by atoms with van der Waals surface area (Å²) in [5.74, 6) is 0.943. The highest BCUT2D eigenvalue weighted by molar-refractivity contribution is 5.03. The highest BCUT2D eigenvalue weighted by Gasteiger charge is 2.49. The average molecular weight is 166 g/mol. The zero-order chi connectivity index (χ0) is 8.18. The van der Waals surface area contributed by atoms with Gasteiger partial charge < -0.3 is 5.32 Å². The molecule has 2 heteroatoms. The van der Waals surface area contributed by atoms with Gasteiger partial charge in [-0.2, -0.15) is 0 Å². The van der Waals surface area contributed by atoms with Gasteiger partial charge in [-0.25, -0.2) is 0 Å². The third-order valence-electron chi connectivity index (χ3n) is 3.99. The Kier molecular flexibility index (Phi) is 1.37. The minimum Gasteiger partial charge on any atom is -0.316 e. The summed E-state index contributed by atoms with van der Waals surface area (Å²) in [6.45, 7) is 7.70. The predicted octanol–water partition coefficient (Wildman–Crippen LogP) is 0.690. The van der Waals surface area contributed by atoms with E-state index in [2.05, 4.69) is 17.1 Å². The van der Waals surface area contributed by atoms with Gasteiger partial charge in [0.1, 0.15) is 0 Å². The van der Waals surface area contributed by atoms with Gasteiger partial charge in [-0.3, -0.25) is 4.90 Å². The Labute approximate surface area is 74.3 Å². The number of fused-ring (bicyclic) bond motifs is 1. The Bertz CT molecular complexity index is 200. The average Bonchev–Trinajstić information content (AvgIpc) is 2.71. The first kappa shape index (κ1) is 7.34. The Balaban J connectivity index is 1.75. The van der Waals surface area contributed by atoms with Crippen LogP contribution in [0.3, 0.4) is 0 Å². The first-order valence-electron chi connectivity index (χ1n) is 5.23. The van der Waals surface area contributed by atoms with Gasteiger partial charge >= 0.3 is 0 Å². The second-order valence-corrected chi connectivity index (χ2v) is 5.14. The fourth-order valence-electron chi connectivity index (χ4n) is 2.92. The van der Waals surface area contributed by atoms with Crippen LogP contribution in [-0.4, -0.2) is 37.1 Å². The molecule has 0 spiro atoms. The third kappa shape index (κ3) is 0.944. The van der Waals surface area contributed by atoms with Crippen LogP contribution in [-0.2, 0) is 0 Å². The lowest BCUT2D eigenvalue weighted by atomic mass is 9.83. The van der Waals surface area contributed by atoms with Crippen LogP contribution in [0.1, 0.15) is 19.8 Å².